The molecule has 2 aromatic carbocycles. The van der Waals surface area contributed by atoms with Gasteiger partial charge in [-0.15, -0.1) is 0 Å². The molecule has 0 bridgehead atoms. The number of nitrogen functional groups attached to an aromatic ring is 1. The van der Waals surface area contributed by atoms with Crippen LogP contribution in [0.15, 0.2) is 40.9 Å². The highest BCUT2D eigenvalue weighted by molar-refractivity contribution is 9.10. The molecule has 0 atom stereocenters. The lowest BCUT2D eigenvalue weighted by atomic mass is 10.1. The molecule has 5 nitrogen and oxygen atoms in total. The molecule has 0 heterocycles. The third-order valence-electron chi connectivity index (χ3n) is 3.03. The number of carbonyl (C=O) groups is 1. The minimum Gasteiger partial charge on any atom is -0.488 e. The number of hydrogen-bond donors (Lipinski definition) is 2. The maximum absolute atomic E-state index is 11.5. The maximum atomic E-state index is 11.5. The van der Waals surface area contributed by atoms with Gasteiger partial charge in [0.15, 0.2) is 0 Å². The van der Waals surface area contributed by atoms with Crippen LogP contribution in [0.25, 0.3) is 0 Å². The van der Waals surface area contributed by atoms with E-state index in [-0.39, 0.29) is 6.61 Å². The van der Waals surface area contributed by atoms with E-state index in [9.17, 15) is 4.79 Å². The predicted molar refractivity (Wildman–Crippen MR) is 88.6 cm³/mol. The number of rotatable bonds is 5. The Morgan fingerprint density at radius 1 is 1.36 bits per heavy atom. The Bertz CT molecular complexity index is 717. The Hall–Kier alpha value is -2.34. The number of anilines is 1. The lowest BCUT2D eigenvalue weighted by Crippen LogP contribution is -2.04. The van der Waals surface area contributed by atoms with Gasteiger partial charge in [-0.3, -0.25) is 0 Å². The van der Waals surface area contributed by atoms with Crippen LogP contribution in [0.3, 0.4) is 0 Å². The molecule has 22 heavy (non-hydrogen) atoms. The minimum atomic E-state index is -0.395. The maximum Gasteiger partial charge on any atom is 0.337 e. The van der Waals surface area contributed by atoms with Crippen LogP contribution >= 0.6 is 15.9 Å². The number of hydrogen-bond acceptors (Lipinski definition) is 5. The Kier molecular flexibility index (Phi) is 5.16. The van der Waals surface area contributed by atoms with Gasteiger partial charge in [0.2, 0.25) is 0 Å². The average Bonchev–Trinajstić information content (AvgIpc) is 2.52. The van der Waals surface area contributed by atoms with Gasteiger partial charge in [0, 0.05) is 16.4 Å². The predicted octanol–water partition coefficient (Wildman–Crippen LogP) is 3.39. The van der Waals surface area contributed by atoms with Crippen molar-refractivity contribution in [3.05, 3.63) is 57.6 Å². The largest absolute Gasteiger partial charge is 0.488 e. The summed E-state index contributed by atoms with van der Waals surface area (Å²) in [5, 5.41) is 7.43. The van der Waals surface area contributed by atoms with Crippen molar-refractivity contribution in [1.29, 1.82) is 5.41 Å². The van der Waals surface area contributed by atoms with Gasteiger partial charge >= 0.3 is 5.97 Å². The van der Waals surface area contributed by atoms with Gasteiger partial charge in [0.1, 0.15) is 12.4 Å². The van der Waals surface area contributed by atoms with E-state index in [0.29, 0.717) is 22.6 Å². The van der Waals surface area contributed by atoms with Crippen LogP contribution in [0, 0.1) is 5.41 Å². The lowest BCUT2D eigenvalue weighted by Gasteiger charge is -2.12. The summed E-state index contributed by atoms with van der Waals surface area (Å²) in [6.45, 7) is 0.252. The molecular formula is C16H15BrN2O3. The van der Waals surface area contributed by atoms with E-state index in [2.05, 4.69) is 20.7 Å². The highest BCUT2D eigenvalue weighted by atomic mass is 79.9. The zero-order chi connectivity index (χ0) is 16.1. The Morgan fingerprint density at radius 2 is 2.14 bits per heavy atom. The topological polar surface area (TPSA) is 85.4 Å². The highest BCUT2D eigenvalue weighted by Gasteiger charge is 2.09. The SMILES string of the molecule is COC(=O)c1cccc(COc2cc(Br)cc(N)c2C=N)c1. The van der Waals surface area contributed by atoms with E-state index in [1.54, 1.807) is 30.3 Å². The van der Waals surface area contributed by atoms with Gasteiger partial charge in [0.25, 0.3) is 0 Å². The molecule has 0 radical (unpaired) electrons. The number of halogens is 1. The minimum absolute atomic E-state index is 0.252. The molecule has 0 unspecified atom stereocenters. The summed E-state index contributed by atoms with van der Waals surface area (Å²) in [5.74, 6) is 0.110. The van der Waals surface area contributed by atoms with E-state index in [1.807, 2.05) is 6.07 Å². The van der Waals surface area contributed by atoms with Gasteiger partial charge < -0.3 is 20.6 Å². The monoisotopic (exact) mass is 362 g/mol. The summed E-state index contributed by atoms with van der Waals surface area (Å²) in [7, 11) is 1.34. The fourth-order valence-electron chi connectivity index (χ4n) is 1.95. The second kappa shape index (κ2) is 7.09. The van der Waals surface area contributed by atoms with Crippen molar-refractivity contribution in [3.63, 3.8) is 0 Å². The summed E-state index contributed by atoms with van der Waals surface area (Å²) in [5.41, 5.74) is 8.12. The first-order chi connectivity index (χ1) is 10.5. The molecule has 2 aromatic rings. The fraction of sp³-hybridized carbons (Fsp3) is 0.125. The van der Waals surface area contributed by atoms with E-state index < -0.39 is 5.97 Å². The second-order valence-corrected chi connectivity index (χ2v) is 5.45. The van der Waals surface area contributed by atoms with Gasteiger partial charge in [-0.25, -0.2) is 4.79 Å². The van der Waals surface area contributed by atoms with Crippen LogP contribution in [0.1, 0.15) is 21.5 Å². The molecule has 6 heteroatoms. The Labute approximate surface area is 136 Å². The number of esters is 1. The van der Waals surface area contributed by atoms with E-state index in [0.717, 1.165) is 16.3 Å². The first kappa shape index (κ1) is 16.0. The third-order valence-corrected chi connectivity index (χ3v) is 3.48. The van der Waals surface area contributed by atoms with Crippen molar-refractivity contribution in [3.8, 4) is 5.75 Å². The highest BCUT2D eigenvalue weighted by Crippen LogP contribution is 2.28. The molecule has 2 rings (SSSR count). The van der Waals surface area contributed by atoms with E-state index in [4.69, 9.17) is 15.9 Å². The Balaban J connectivity index is 2.20. The summed E-state index contributed by atoms with van der Waals surface area (Å²) in [6, 6.07) is 10.5. The standard InChI is InChI=1S/C16H15BrN2O3/c1-21-16(20)11-4-2-3-10(5-11)9-22-15-7-12(17)6-14(19)13(15)8-18/h2-8,18H,9,19H2,1H3. The number of carbonyl (C=O) groups excluding carboxylic acids is 1. The average molecular weight is 363 g/mol. The quantitative estimate of drug-likeness (QED) is 0.484. The molecule has 0 aliphatic heterocycles. The van der Waals surface area contributed by atoms with Crippen molar-refractivity contribution in [2.45, 2.75) is 6.61 Å². The number of benzene rings is 2. The molecule has 0 aliphatic rings. The van der Waals surface area contributed by atoms with Crippen LogP contribution in [-0.4, -0.2) is 19.3 Å². The van der Waals surface area contributed by atoms with Gasteiger partial charge in [-0.1, -0.05) is 28.1 Å². The Morgan fingerprint density at radius 3 is 2.82 bits per heavy atom. The summed E-state index contributed by atoms with van der Waals surface area (Å²) < 4.78 is 11.2. The smallest absolute Gasteiger partial charge is 0.337 e. The second-order valence-electron chi connectivity index (χ2n) is 4.53. The van der Waals surface area contributed by atoms with Gasteiger partial charge in [-0.2, -0.15) is 0 Å². The zero-order valence-corrected chi connectivity index (χ0v) is 13.5. The zero-order valence-electron chi connectivity index (χ0n) is 11.9. The molecule has 3 N–H and O–H groups in total. The number of methoxy groups -OCH3 is 1. The summed E-state index contributed by atoms with van der Waals surface area (Å²) in [6.07, 6.45) is 1.15. The van der Waals surface area contributed by atoms with Crippen molar-refractivity contribution in [2.24, 2.45) is 0 Å². The number of nitrogens with one attached hydrogen (secondary N) is 1. The van der Waals surface area contributed by atoms with E-state index >= 15 is 0 Å². The van der Waals surface area contributed by atoms with E-state index in [1.165, 1.54) is 7.11 Å². The molecule has 0 spiro atoms. The number of nitrogens with two attached hydrogens (primary N) is 1. The third kappa shape index (κ3) is 3.65. The van der Waals surface area contributed by atoms with Gasteiger partial charge in [0.05, 0.1) is 18.2 Å². The molecular weight excluding hydrogens is 348 g/mol. The molecule has 0 aromatic heterocycles. The van der Waals surface area contributed by atoms with Crippen LogP contribution < -0.4 is 10.5 Å². The van der Waals surface area contributed by atoms with Gasteiger partial charge in [-0.05, 0) is 29.8 Å². The molecule has 0 saturated heterocycles. The molecule has 0 saturated carbocycles. The van der Waals surface area contributed by atoms with Crippen molar-refractivity contribution < 1.29 is 14.3 Å². The van der Waals surface area contributed by atoms with Crippen LogP contribution in [-0.2, 0) is 11.3 Å². The normalized spacial score (nSPS) is 10.1. The summed E-state index contributed by atoms with van der Waals surface area (Å²) in [4.78, 5) is 11.5. The molecule has 0 amide bonds. The number of ether oxygens (including phenoxy) is 2. The summed E-state index contributed by atoms with van der Waals surface area (Å²) >= 11 is 3.35. The fourth-order valence-corrected chi connectivity index (χ4v) is 2.41. The van der Waals surface area contributed by atoms with Crippen molar-refractivity contribution in [1.82, 2.24) is 0 Å². The van der Waals surface area contributed by atoms with Crippen molar-refractivity contribution >= 4 is 33.8 Å². The van der Waals surface area contributed by atoms with Crippen LogP contribution in [0.4, 0.5) is 5.69 Å². The molecule has 0 fully saturated rings. The lowest BCUT2D eigenvalue weighted by molar-refractivity contribution is 0.0600. The van der Waals surface area contributed by atoms with Crippen LogP contribution in [0.2, 0.25) is 0 Å². The van der Waals surface area contributed by atoms with Crippen molar-refractivity contribution in [2.75, 3.05) is 12.8 Å². The first-order valence-electron chi connectivity index (χ1n) is 6.44. The molecule has 0 aliphatic carbocycles. The molecule has 114 valence electrons. The first-order valence-corrected chi connectivity index (χ1v) is 7.24. The van der Waals surface area contributed by atoms with Crippen LogP contribution in [0.5, 0.6) is 5.75 Å².